The summed E-state index contributed by atoms with van der Waals surface area (Å²) in [5.74, 6) is -4.97. The van der Waals surface area contributed by atoms with Crippen LogP contribution >= 0.6 is 11.8 Å². The molecule has 4 atom stereocenters. The predicted octanol–water partition coefficient (Wildman–Crippen LogP) is -2.60. The van der Waals surface area contributed by atoms with E-state index in [1.165, 1.54) is 11.8 Å². The maximum Gasteiger partial charge on any atom is 0.326 e. The van der Waals surface area contributed by atoms with Crippen molar-refractivity contribution in [2.45, 2.75) is 63.7 Å². The average Bonchev–Trinajstić information content (AvgIpc) is 2.70. The minimum Gasteiger partial charge on any atom is -0.480 e. The molecular formula is C19H34N6O7S. The summed E-state index contributed by atoms with van der Waals surface area (Å²) in [5.41, 5.74) is 15.7. The summed E-state index contributed by atoms with van der Waals surface area (Å²) in [4.78, 5) is 71.1. The van der Waals surface area contributed by atoms with Crippen LogP contribution in [-0.2, 0) is 28.8 Å². The number of amides is 5. The summed E-state index contributed by atoms with van der Waals surface area (Å²) in [7, 11) is 0. The number of primary amides is 2. The molecule has 0 heterocycles. The summed E-state index contributed by atoms with van der Waals surface area (Å²) < 4.78 is 0. The lowest BCUT2D eigenvalue weighted by Gasteiger charge is -2.26. The number of hydrogen-bond acceptors (Lipinski definition) is 8. The molecule has 0 spiro atoms. The summed E-state index contributed by atoms with van der Waals surface area (Å²) in [6.45, 7) is 3.32. The largest absolute Gasteiger partial charge is 0.480 e. The molecule has 33 heavy (non-hydrogen) atoms. The molecule has 0 saturated carbocycles. The third kappa shape index (κ3) is 12.1. The fourth-order valence-corrected chi connectivity index (χ4v) is 3.16. The third-order valence-corrected chi connectivity index (χ3v) is 5.19. The second kappa shape index (κ2) is 15.1. The lowest BCUT2D eigenvalue weighted by atomic mass is 10.0. The first-order valence-corrected chi connectivity index (χ1v) is 11.6. The molecule has 0 saturated heterocycles. The fourth-order valence-electron chi connectivity index (χ4n) is 2.69. The van der Waals surface area contributed by atoms with Crippen molar-refractivity contribution in [3.63, 3.8) is 0 Å². The van der Waals surface area contributed by atoms with Crippen LogP contribution < -0.4 is 33.2 Å². The average molecular weight is 491 g/mol. The Morgan fingerprint density at radius 3 is 1.88 bits per heavy atom. The summed E-state index contributed by atoms with van der Waals surface area (Å²) in [6, 6.07) is -4.79. The highest BCUT2D eigenvalue weighted by Gasteiger charge is 2.31. The number of nitrogens with one attached hydrogen (secondary N) is 3. The monoisotopic (exact) mass is 490 g/mol. The Bertz CT molecular complexity index is 733. The minimum atomic E-state index is -1.37. The van der Waals surface area contributed by atoms with E-state index < -0.39 is 72.0 Å². The minimum absolute atomic E-state index is 0.181. The molecule has 10 N–H and O–H groups in total. The van der Waals surface area contributed by atoms with Crippen molar-refractivity contribution in [1.29, 1.82) is 0 Å². The number of carbonyl (C=O) groups is 6. The van der Waals surface area contributed by atoms with Gasteiger partial charge in [0.1, 0.15) is 18.1 Å². The maximum absolute atomic E-state index is 12.9. The van der Waals surface area contributed by atoms with Gasteiger partial charge < -0.3 is 38.3 Å². The van der Waals surface area contributed by atoms with E-state index in [9.17, 15) is 33.9 Å². The van der Waals surface area contributed by atoms with Crippen molar-refractivity contribution in [1.82, 2.24) is 16.0 Å². The molecule has 0 aromatic carbocycles. The SMILES string of the molecule is CSCCC(NC(=O)C(NC(=O)C(N)CC(N)=O)C(C)C)C(=O)NC(CCC(N)=O)C(=O)O. The van der Waals surface area contributed by atoms with Crippen molar-refractivity contribution >= 4 is 47.3 Å². The molecule has 0 aliphatic rings. The van der Waals surface area contributed by atoms with Gasteiger partial charge in [0, 0.05) is 6.42 Å². The van der Waals surface area contributed by atoms with E-state index in [4.69, 9.17) is 17.2 Å². The zero-order valence-corrected chi connectivity index (χ0v) is 19.8. The lowest BCUT2D eigenvalue weighted by molar-refractivity contribution is -0.142. The molecule has 0 aromatic heterocycles. The molecule has 188 valence electrons. The van der Waals surface area contributed by atoms with E-state index >= 15 is 0 Å². The van der Waals surface area contributed by atoms with Gasteiger partial charge in [0.05, 0.1) is 12.5 Å². The number of carbonyl (C=O) groups excluding carboxylic acids is 5. The van der Waals surface area contributed by atoms with Gasteiger partial charge in [-0.05, 0) is 30.8 Å². The summed E-state index contributed by atoms with van der Waals surface area (Å²) in [6.07, 6.45) is 1.12. The second-order valence-electron chi connectivity index (χ2n) is 7.75. The van der Waals surface area contributed by atoms with Crippen LogP contribution in [0.3, 0.4) is 0 Å². The number of hydrogen-bond donors (Lipinski definition) is 7. The first kappa shape index (κ1) is 30.1. The smallest absolute Gasteiger partial charge is 0.326 e. The van der Waals surface area contributed by atoms with Crippen LogP contribution in [-0.4, -0.2) is 76.8 Å². The predicted molar refractivity (Wildman–Crippen MR) is 121 cm³/mol. The number of rotatable bonds is 16. The van der Waals surface area contributed by atoms with Crippen molar-refractivity contribution in [2.24, 2.45) is 23.1 Å². The van der Waals surface area contributed by atoms with Crippen LogP contribution in [0, 0.1) is 5.92 Å². The maximum atomic E-state index is 12.9. The third-order valence-electron chi connectivity index (χ3n) is 4.54. The van der Waals surface area contributed by atoms with Crippen molar-refractivity contribution < 1.29 is 33.9 Å². The number of carboxylic acid groups (broad SMARTS) is 1. The highest BCUT2D eigenvalue weighted by atomic mass is 32.2. The molecule has 0 aliphatic carbocycles. The molecule has 0 aliphatic heterocycles. The number of carboxylic acids is 1. The summed E-state index contributed by atoms with van der Waals surface area (Å²) >= 11 is 1.41. The molecule has 13 nitrogen and oxygen atoms in total. The van der Waals surface area contributed by atoms with E-state index in [-0.39, 0.29) is 19.3 Å². The van der Waals surface area contributed by atoms with Gasteiger partial charge in [-0.2, -0.15) is 11.8 Å². The Morgan fingerprint density at radius 2 is 1.42 bits per heavy atom. The number of aliphatic carboxylic acids is 1. The zero-order valence-electron chi connectivity index (χ0n) is 19.0. The van der Waals surface area contributed by atoms with E-state index in [0.29, 0.717) is 5.75 Å². The number of thioether (sulfide) groups is 1. The van der Waals surface area contributed by atoms with E-state index in [1.54, 1.807) is 20.1 Å². The molecule has 14 heteroatoms. The van der Waals surface area contributed by atoms with Crippen LogP contribution in [0.4, 0.5) is 0 Å². The molecular weight excluding hydrogens is 456 g/mol. The Hall–Kier alpha value is -2.87. The fraction of sp³-hybridized carbons (Fsp3) is 0.684. The molecule has 5 amide bonds. The Kier molecular flexibility index (Phi) is 13.7. The normalized spacial score (nSPS) is 14.5. The Morgan fingerprint density at radius 1 is 0.848 bits per heavy atom. The van der Waals surface area contributed by atoms with Gasteiger partial charge in [-0.3, -0.25) is 24.0 Å². The standard InChI is InChI=1S/C19H34N6O7S/c1-9(2)15(25-16(28)10(20)8-14(22)27)18(30)23-11(6-7-33-3)17(29)24-12(19(31)32)4-5-13(21)26/h9-12,15H,4-8,20H2,1-3H3,(H2,21,26)(H2,22,27)(H,23,30)(H,24,29)(H,25,28)(H,31,32). The topological polar surface area (TPSA) is 237 Å². The molecule has 0 rings (SSSR count). The van der Waals surface area contributed by atoms with Crippen LogP contribution in [0.25, 0.3) is 0 Å². The zero-order chi connectivity index (χ0) is 25.7. The molecule has 0 radical (unpaired) electrons. The van der Waals surface area contributed by atoms with Gasteiger partial charge >= 0.3 is 5.97 Å². The van der Waals surface area contributed by atoms with E-state index in [2.05, 4.69) is 16.0 Å². The van der Waals surface area contributed by atoms with Crippen LogP contribution in [0.1, 0.15) is 39.5 Å². The molecule has 4 unspecified atom stereocenters. The van der Waals surface area contributed by atoms with Gasteiger partial charge in [0.15, 0.2) is 0 Å². The van der Waals surface area contributed by atoms with Crippen LogP contribution in [0.5, 0.6) is 0 Å². The van der Waals surface area contributed by atoms with Gasteiger partial charge in [0.25, 0.3) is 0 Å². The quantitative estimate of drug-likeness (QED) is 0.120. The van der Waals surface area contributed by atoms with Gasteiger partial charge in [-0.1, -0.05) is 13.8 Å². The van der Waals surface area contributed by atoms with E-state index in [1.807, 2.05) is 0 Å². The first-order chi connectivity index (χ1) is 15.3. The van der Waals surface area contributed by atoms with E-state index in [0.717, 1.165) is 0 Å². The second-order valence-corrected chi connectivity index (χ2v) is 8.74. The molecule has 0 aromatic rings. The van der Waals surface area contributed by atoms with Gasteiger partial charge in [0.2, 0.25) is 29.5 Å². The van der Waals surface area contributed by atoms with Crippen molar-refractivity contribution in [3.8, 4) is 0 Å². The highest BCUT2D eigenvalue weighted by Crippen LogP contribution is 2.08. The van der Waals surface area contributed by atoms with Gasteiger partial charge in [-0.15, -0.1) is 0 Å². The van der Waals surface area contributed by atoms with Crippen LogP contribution in [0.15, 0.2) is 0 Å². The molecule has 0 fully saturated rings. The lowest BCUT2D eigenvalue weighted by Crippen LogP contribution is -2.58. The summed E-state index contributed by atoms with van der Waals surface area (Å²) in [5, 5.41) is 16.6. The van der Waals surface area contributed by atoms with Crippen molar-refractivity contribution in [2.75, 3.05) is 12.0 Å². The van der Waals surface area contributed by atoms with Crippen LogP contribution in [0.2, 0.25) is 0 Å². The van der Waals surface area contributed by atoms with Gasteiger partial charge in [-0.25, -0.2) is 4.79 Å². The van der Waals surface area contributed by atoms with Crippen molar-refractivity contribution in [3.05, 3.63) is 0 Å². The highest BCUT2D eigenvalue weighted by molar-refractivity contribution is 7.98. The Labute approximate surface area is 196 Å². The number of nitrogens with two attached hydrogens (primary N) is 3. The Balaban J connectivity index is 5.40. The first-order valence-electron chi connectivity index (χ1n) is 10.2. The molecule has 0 bridgehead atoms.